The van der Waals surface area contributed by atoms with Crippen LogP contribution in [0.4, 0.5) is 10.1 Å². The maximum atomic E-state index is 13.7. The number of amides is 1. The smallest absolute Gasteiger partial charge is 0.311 e. The molecule has 1 saturated heterocycles. The van der Waals surface area contributed by atoms with E-state index in [-0.39, 0.29) is 31.2 Å². The molecule has 0 bridgehead atoms. The number of rotatable bonds is 6. The Morgan fingerprint density at radius 3 is 2.59 bits per heavy atom. The highest BCUT2D eigenvalue weighted by Crippen LogP contribution is 2.33. The highest BCUT2D eigenvalue weighted by molar-refractivity contribution is 6.00. The van der Waals surface area contributed by atoms with Gasteiger partial charge in [0.1, 0.15) is 12.4 Å². The van der Waals surface area contributed by atoms with Crippen LogP contribution in [0.1, 0.15) is 12.0 Å². The van der Waals surface area contributed by atoms with E-state index in [4.69, 9.17) is 14.2 Å². The summed E-state index contributed by atoms with van der Waals surface area (Å²) in [6.45, 7) is 0.147. The lowest BCUT2D eigenvalue weighted by molar-refractivity contribution is -0.149. The standard InChI is InChI=1S/C20H20FNO5/c1-25-17-8-7-13(9-15(17)21)12-27-20(24)14-10-19(23)22(11-14)16-5-3-4-6-18(16)26-2/h3-9,14H,10-12H2,1-2H3/t14-/m0/s1. The second-order valence-corrected chi connectivity index (χ2v) is 6.15. The Bertz CT molecular complexity index is 854. The monoisotopic (exact) mass is 373 g/mol. The normalized spacial score (nSPS) is 16.3. The molecule has 0 aromatic heterocycles. The summed E-state index contributed by atoms with van der Waals surface area (Å²) in [6, 6.07) is 11.5. The fourth-order valence-electron chi connectivity index (χ4n) is 3.02. The van der Waals surface area contributed by atoms with Crippen LogP contribution in [0, 0.1) is 11.7 Å². The average Bonchev–Trinajstić information content (AvgIpc) is 3.07. The molecule has 0 radical (unpaired) electrons. The molecule has 1 aliphatic rings. The summed E-state index contributed by atoms with van der Waals surface area (Å²) in [4.78, 5) is 26.2. The number of hydrogen-bond acceptors (Lipinski definition) is 5. The summed E-state index contributed by atoms with van der Waals surface area (Å²) in [7, 11) is 2.90. The molecular weight excluding hydrogens is 353 g/mol. The van der Waals surface area contributed by atoms with Crippen molar-refractivity contribution in [2.45, 2.75) is 13.0 Å². The Morgan fingerprint density at radius 1 is 1.15 bits per heavy atom. The van der Waals surface area contributed by atoms with Crippen LogP contribution in [0.3, 0.4) is 0 Å². The van der Waals surface area contributed by atoms with Gasteiger partial charge in [-0.2, -0.15) is 0 Å². The van der Waals surface area contributed by atoms with Gasteiger partial charge in [0.2, 0.25) is 5.91 Å². The quantitative estimate of drug-likeness (QED) is 0.729. The summed E-state index contributed by atoms with van der Waals surface area (Å²) in [6.07, 6.45) is 0.0633. The third-order valence-corrected chi connectivity index (χ3v) is 4.43. The van der Waals surface area contributed by atoms with Gasteiger partial charge in [-0.25, -0.2) is 4.39 Å². The molecule has 3 rings (SSSR count). The Morgan fingerprint density at radius 2 is 1.89 bits per heavy atom. The van der Waals surface area contributed by atoms with E-state index in [0.29, 0.717) is 17.0 Å². The van der Waals surface area contributed by atoms with Gasteiger partial charge in [-0.05, 0) is 29.8 Å². The number of hydrogen-bond donors (Lipinski definition) is 0. The number of ether oxygens (including phenoxy) is 3. The lowest BCUT2D eigenvalue weighted by atomic mass is 10.1. The van der Waals surface area contributed by atoms with Crippen molar-refractivity contribution in [3.63, 3.8) is 0 Å². The first-order valence-corrected chi connectivity index (χ1v) is 8.46. The average molecular weight is 373 g/mol. The fourth-order valence-corrected chi connectivity index (χ4v) is 3.02. The highest BCUT2D eigenvalue weighted by Gasteiger charge is 2.37. The third-order valence-electron chi connectivity index (χ3n) is 4.43. The van der Waals surface area contributed by atoms with E-state index in [0.717, 1.165) is 0 Å². The van der Waals surface area contributed by atoms with Crippen molar-refractivity contribution in [1.29, 1.82) is 0 Å². The Hall–Kier alpha value is -3.09. The summed E-state index contributed by atoms with van der Waals surface area (Å²) >= 11 is 0. The van der Waals surface area contributed by atoms with Crippen molar-refractivity contribution in [2.24, 2.45) is 5.92 Å². The first kappa shape index (κ1) is 18.7. The Labute approximate surface area is 156 Å². The number of halogens is 1. The molecule has 2 aromatic carbocycles. The first-order chi connectivity index (χ1) is 13.0. The van der Waals surface area contributed by atoms with E-state index in [2.05, 4.69) is 0 Å². The molecule has 1 heterocycles. The van der Waals surface area contributed by atoms with E-state index in [1.54, 1.807) is 24.3 Å². The lowest BCUT2D eigenvalue weighted by Crippen LogP contribution is -2.26. The molecule has 0 unspecified atom stereocenters. The van der Waals surface area contributed by atoms with Crippen LogP contribution >= 0.6 is 0 Å². The largest absolute Gasteiger partial charge is 0.495 e. The molecule has 0 N–H and O–H groups in total. The van der Waals surface area contributed by atoms with Gasteiger partial charge >= 0.3 is 5.97 Å². The predicted molar refractivity (Wildman–Crippen MR) is 96.2 cm³/mol. The van der Waals surface area contributed by atoms with Gasteiger partial charge in [0.25, 0.3) is 0 Å². The van der Waals surface area contributed by atoms with E-state index < -0.39 is 17.7 Å². The maximum absolute atomic E-state index is 13.7. The molecule has 6 nitrogen and oxygen atoms in total. The number of nitrogens with zero attached hydrogens (tertiary/aromatic N) is 1. The zero-order valence-corrected chi connectivity index (χ0v) is 15.1. The van der Waals surface area contributed by atoms with Crippen molar-refractivity contribution in [2.75, 3.05) is 25.7 Å². The van der Waals surface area contributed by atoms with E-state index in [9.17, 15) is 14.0 Å². The summed E-state index contributed by atoms with van der Waals surface area (Å²) in [5, 5.41) is 0. The predicted octanol–water partition coefficient (Wildman–Crippen LogP) is 2.94. The number of carbonyl (C=O) groups is 2. The van der Waals surface area contributed by atoms with Crippen LogP contribution in [-0.2, 0) is 20.9 Å². The minimum absolute atomic E-state index is 0.0633. The van der Waals surface area contributed by atoms with Crippen molar-refractivity contribution < 1.29 is 28.2 Å². The lowest BCUT2D eigenvalue weighted by Gasteiger charge is -2.19. The molecule has 1 amide bonds. The molecule has 2 aromatic rings. The molecule has 0 saturated carbocycles. The molecular formula is C20H20FNO5. The zero-order chi connectivity index (χ0) is 19.4. The number of anilines is 1. The topological polar surface area (TPSA) is 65.1 Å². The van der Waals surface area contributed by atoms with E-state index in [1.165, 1.54) is 31.3 Å². The summed E-state index contributed by atoms with van der Waals surface area (Å²) in [5.74, 6) is -1.07. The molecule has 142 valence electrons. The molecule has 27 heavy (non-hydrogen) atoms. The molecule has 1 aliphatic heterocycles. The van der Waals surface area contributed by atoms with Gasteiger partial charge in [0, 0.05) is 13.0 Å². The van der Waals surface area contributed by atoms with Crippen molar-refractivity contribution in [3.8, 4) is 11.5 Å². The highest BCUT2D eigenvalue weighted by atomic mass is 19.1. The Kier molecular flexibility index (Phi) is 5.59. The number of benzene rings is 2. The summed E-state index contributed by atoms with van der Waals surface area (Å²) in [5.41, 5.74) is 1.13. The number of esters is 1. The fraction of sp³-hybridized carbons (Fsp3) is 0.300. The molecule has 7 heteroatoms. The molecule has 1 fully saturated rings. The van der Waals surface area contributed by atoms with Crippen LogP contribution in [0.2, 0.25) is 0 Å². The van der Waals surface area contributed by atoms with Gasteiger partial charge in [-0.3, -0.25) is 9.59 Å². The summed E-state index contributed by atoms with van der Waals surface area (Å²) < 4.78 is 29.1. The minimum atomic E-state index is -0.578. The zero-order valence-electron chi connectivity index (χ0n) is 15.1. The second-order valence-electron chi connectivity index (χ2n) is 6.15. The van der Waals surface area contributed by atoms with Gasteiger partial charge in [0.15, 0.2) is 11.6 Å². The molecule has 1 atom stereocenters. The van der Waals surface area contributed by atoms with Gasteiger partial charge in [0.05, 0.1) is 25.8 Å². The number of para-hydroxylation sites is 2. The maximum Gasteiger partial charge on any atom is 0.311 e. The SMILES string of the molecule is COc1ccc(COC(=O)[C@H]2CC(=O)N(c3ccccc3OC)C2)cc1F. The third kappa shape index (κ3) is 4.02. The van der Waals surface area contributed by atoms with Crippen LogP contribution < -0.4 is 14.4 Å². The van der Waals surface area contributed by atoms with Gasteiger partial charge in [-0.15, -0.1) is 0 Å². The van der Waals surface area contributed by atoms with Crippen LogP contribution in [0.25, 0.3) is 0 Å². The Balaban J connectivity index is 1.63. The molecule has 0 aliphatic carbocycles. The first-order valence-electron chi connectivity index (χ1n) is 8.46. The van der Waals surface area contributed by atoms with E-state index >= 15 is 0 Å². The second kappa shape index (κ2) is 8.07. The van der Waals surface area contributed by atoms with Crippen molar-refractivity contribution in [3.05, 3.63) is 53.8 Å². The number of carbonyl (C=O) groups excluding carboxylic acids is 2. The van der Waals surface area contributed by atoms with Gasteiger partial charge in [-0.1, -0.05) is 18.2 Å². The van der Waals surface area contributed by atoms with Gasteiger partial charge < -0.3 is 19.1 Å². The van der Waals surface area contributed by atoms with Crippen molar-refractivity contribution in [1.82, 2.24) is 0 Å². The van der Waals surface area contributed by atoms with Crippen molar-refractivity contribution >= 4 is 17.6 Å². The number of methoxy groups -OCH3 is 2. The molecule has 0 spiro atoms. The van der Waals surface area contributed by atoms with Crippen LogP contribution in [-0.4, -0.2) is 32.6 Å². The minimum Gasteiger partial charge on any atom is -0.495 e. The van der Waals surface area contributed by atoms with E-state index in [1.807, 2.05) is 6.07 Å². The van der Waals surface area contributed by atoms with Crippen LogP contribution in [0.5, 0.6) is 11.5 Å². The van der Waals surface area contributed by atoms with Crippen LogP contribution in [0.15, 0.2) is 42.5 Å².